The summed E-state index contributed by atoms with van der Waals surface area (Å²) in [6, 6.07) is 0. The fourth-order valence-electron chi connectivity index (χ4n) is 10.5. The van der Waals surface area contributed by atoms with E-state index in [1.807, 2.05) is 4.90 Å². The van der Waals surface area contributed by atoms with Crippen LogP contribution in [0.1, 0.15) is 105 Å². The minimum absolute atomic E-state index is 0.00340. The lowest BCUT2D eigenvalue weighted by Crippen LogP contribution is -2.68. The molecule has 10 atom stereocenters. The third-order valence-electron chi connectivity index (χ3n) is 12.8. The Morgan fingerprint density at radius 2 is 1.77 bits per heavy atom. The van der Waals surface area contributed by atoms with Gasteiger partial charge in [0.05, 0.1) is 31.0 Å². The first-order chi connectivity index (χ1) is 18.5. The fourth-order valence-corrected chi connectivity index (χ4v) is 10.5. The highest BCUT2D eigenvalue weighted by molar-refractivity contribution is 5.77. The molecule has 5 rings (SSSR count). The molecule has 1 amide bonds. The number of carbonyl (C=O) groups excluding carboxylic acids is 1. The van der Waals surface area contributed by atoms with Crippen LogP contribution in [0.3, 0.4) is 0 Å². The molecule has 4 aliphatic carbocycles. The quantitative estimate of drug-likeness (QED) is 0.423. The second-order valence-electron chi connectivity index (χ2n) is 15.2. The maximum absolute atomic E-state index is 12.7. The number of nitrogens with zero attached hydrogens (tertiary/aromatic N) is 1. The molecule has 0 unspecified atom stereocenters. The van der Waals surface area contributed by atoms with Crippen LogP contribution in [0.5, 0.6) is 0 Å². The van der Waals surface area contributed by atoms with Gasteiger partial charge in [-0.05, 0) is 85.9 Å². The molecular weight excluding hydrogens is 490 g/mol. The Morgan fingerprint density at radius 3 is 2.49 bits per heavy atom. The van der Waals surface area contributed by atoms with E-state index in [0.717, 1.165) is 30.6 Å². The van der Waals surface area contributed by atoms with Crippen molar-refractivity contribution in [2.24, 2.45) is 46.3 Å². The summed E-state index contributed by atoms with van der Waals surface area (Å²) in [7, 11) is 0. The number of hydrogen-bond acceptors (Lipinski definition) is 5. The monoisotopic (exact) mass is 547 g/mol. The Bertz CT molecular complexity index is 859. The van der Waals surface area contributed by atoms with Crippen molar-refractivity contribution >= 4 is 5.91 Å². The maximum atomic E-state index is 12.7. The summed E-state index contributed by atoms with van der Waals surface area (Å²) < 4.78 is 11.5. The summed E-state index contributed by atoms with van der Waals surface area (Å²) in [5, 5.41) is 23.8. The summed E-state index contributed by atoms with van der Waals surface area (Å²) >= 11 is 0. The number of morpholine rings is 1. The molecule has 5 aliphatic rings. The lowest BCUT2D eigenvalue weighted by atomic mass is 9.42. The average molecular weight is 548 g/mol. The van der Waals surface area contributed by atoms with Crippen LogP contribution in [0, 0.1) is 46.3 Å². The van der Waals surface area contributed by atoms with Crippen molar-refractivity contribution in [3.8, 4) is 0 Å². The van der Waals surface area contributed by atoms with Crippen molar-refractivity contribution in [1.82, 2.24) is 4.90 Å². The number of rotatable bonds is 8. The molecular formula is C33H57NO5. The maximum Gasteiger partial charge on any atom is 0.248 e. The van der Waals surface area contributed by atoms with E-state index >= 15 is 0 Å². The fraction of sp³-hybridized carbons (Fsp3) is 0.970. The number of carbonyl (C=O) groups is 1. The highest BCUT2D eigenvalue weighted by Gasteiger charge is 2.67. The topological polar surface area (TPSA) is 79.2 Å². The van der Waals surface area contributed by atoms with E-state index in [-0.39, 0.29) is 24.0 Å². The van der Waals surface area contributed by atoms with Gasteiger partial charge in [-0.15, -0.1) is 0 Å². The van der Waals surface area contributed by atoms with E-state index in [1.165, 1.54) is 44.9 Å². The molecule has 0 bridgehead atoms. The van der Waals surface area contributed by atoms with Crippen molar-refractivity contribution in [3.05, 3.63) is 0 Å². The Kier molecular flexibility index (Phi) is 8.81. The zero-order chi connectivity index (χ0) is 28.0. The summed E-state index contributed by atoms with van der Waals surface area (Å²) in [6.07, 6.45) is 11.0. The average Bonchev–Trinajstić information content (AvgIpc) is 3.26. The number of aliphatic hydroxyl groups is 2. The van der Waals surface area contributed by atoms with Crippen LogP contribution in [0.2, 0.25) is 0 Å². The van der Waals surface area contributed by atoms with Crippen LogP contribution < -0.4 is 0 Å². The van der Waals surface area contributed by atoms with Crippen LogP contribution in [0.15, 0.2) is 0 Å². The van der Waals surface area contributed by atoms with E-state index in [0.29, 0.717) is 62.3 Å². The predicted octanol–water partition coefficient (Wildman–Crippen LogP) is 5.44. The minimum Gasteiger partial charge on any atom is -0.390 e. The van der Waals surface area contributed by atoms with Gasteiger partial charge in [-0.1, -0.05) is 53.9 Å². The molecule has 5 fully saturated rings. The van der Waals surface area contributed by atoms with Crippen molar-refractivity contribution < 1.29 is 24.5 Å². The number of fused-ring (bicyclic) bond motifs is 5. The van der Waals surface area contributed by atoms with Crippen LogP contribution >= 0.6 is 0 Å². The van der Waals surface area contributed by atoms with Gasteiger partial charge in [0, 0.05) is 24.9 Å². The Balaban J connectivity index is 1.24. The van der Waals surface area contributed by atoms with Crippen LogP contribution in [-0.4, -0.2) is 71.7 Å². The molecule has 0 radical (unpaired) electrons. The summed E-state index contributed by atoms with van der Waals surface area (Å²) in [4.78, 5) is 14.5. The largest absolute Gasteiger partial charge is 0.390 e. The highest BCUT2D eigenvalue weighted by Crippen LogP contribution is 2.69. The van der Waals surface area contributed by atoms with Crippen LogP contribution in [0.4, 0.5) is 0 Å². The standard InChI is InChI=1S/C33H57NO5/c1-22(2)7-6-8-23(3)26-9-10-27-25-19-29(35)33(37)20-24(39-21-30(36)34-15-17-38-18-16-34)11-14-32(33,5)28(25)12-13-31(26,27)4/h22-29,35,37H,6-21H2,1-5H3/t23-,24+,25+,26-,27+,28+,29-,31-,32-,33+/m1/s1. The van der Waals surface area contributed by atoms with Gasteiger partial charge in [-0.3, -0.25) is 4.79 Å². The molecule has 0 aromatic rings. The van der Waals surface area contributed by atoms with Gasteiger partial charge >= 0.3 is 0 Å². The lowest BCUT2D eigenvalue weighted by molar-refractivity contribution is -0.267. The van der Waals surface area contributed by atoms with Crippen molar-refractivity contribution in [1.29, 1.82) is 0 Å². The summed E-state index contributed by atoms with van der Waals surface area (Å²) in [6.45, 7) is 14.5. The molecule has 6 nitrogen and oxygen atoms in total. The molecule has 0 aromatic heterocycles. The van der Waals surface area contributed by atoms with E-state index in [9.17, 15) is 15.0 Å². The summed E-state index contributed by atoms with van der Waals surface area (Å²) in [5.41, 5.74) is -1.08. The van der Waals surface area contributed by atoms with Gasteiger partial charge in [0.1, 0.15) is 6.61 Å². The SMILES string of the molecule is CC(C)CCC[C@@H](C)[C@H]1CC[C@H]2[C@@H]3C[C@@H](O)[C@@]4(O)C[C@@H](OCC(=O)N5CCOCC5)CC[C@]4(C)[C@H]3CC[C@]12C. The number of ether oxygens (including phenoxy) is 2. The second-order valence-corrected chi connectivity index (χ2v) is 15.2. The minimum atomic E-state index is -1.14. The van der Waals surface area contributed by atoms with Gasteiger partial charge in [0.2, 0.25) is 5.91 Å². The number of amides is 1. The molecule has 39 heavy (non-hydrogen) atoms. The van der Waals surface area contributed by atoms with Crippen molar-refractivity contribution in [2.75, 3.05) is 32.9 Å². The van der Waals surface area contributed by atoms with Gasteiger partial charge in [0.15, 0.2) is 0 Å². The molecule has 1 heterocycles. The third kappa shape index (κ3) is 5.34. The van der Waals surface area contributed by atoms with Crippen molar-refractivity contribution in [2.45, 2.75) is 123 Å². The van der Waals surface area contributed by atoms with Gasteiger partial charge in [-0.25, -0.2) is 0 Å². The molecule has 0 spiro atoms. The molecule has 1 aliphatic heterocycles. The van der Waals surface area contributed by atoms with Crippen LogP contribution in [-0.2, 0) is 14.3 Å². The Morgan fingerprint density at radius 1 is 1.03 bits per heavy atom. The molecule has 2 N–H and O–H groups in total. The zero-order valence-electron chi connectivity index (χ0n) is 25.5. The Labute approximate surface area is 237 Å². The van der Waals surface area contributed by atoms with Crippen LogP contribution in [0.25, 0.3) is 0 Å². The summed E-state index contributed by atoms with van der Waals surface area (Å²) in [5.74, 6) is 3.95. The number of aliphatic hydroxyl groups excluding tert-OH is 1. The lowest BCUT2D eigenvalue weighted by Gasteiger charge is -2.65. The zero-order valence-corrected chi connectivity index (χ0v) is 25.5. The first-order valence-electron chi connectivity index (χ1n) is 16.4. The number of hydrogen-bond donors (Lipinski definition) is 2. The second kappa shape index (κ2) is 11.5. The van der Waals surface area contributed by atoms with Gasteiger partial charge in [0.25, 0.3) is 0 Å². The predicted molar refractivity (Wildman–Crippen MR) is 153 cm³/mol. The molecule has 0 aromatic carbocycles. The van der Waals surface area contributed by atoms with Gasteiger partial charge < -0.3 is 24.6 Å². The smallest absolute Gasteiger partial charge is 0.248 e. The van der Waals surface area contributed by atoms with E-state index in [1.54, 1.807) is 0 Å². The van der Waals surface area contributed by atoms with E-state index in [4.69, 9.17) is 9.47 Å². The van der Waals surface area contributed by atoms with E-state index < -0.39 is 11.7 Å². The molecule has 4 saturated carbocycles. The first-order valence-corrected chi connectivity index (χ1v) is 16.4. The molecule has 224 valence electrons. The highest BCUT2D eigenvalue weighted by atomic mass is 16.5. The van der Waals surface area contributed by atoms with Crippen molar-refractivity contribution in [3.63, 3.8) is 0 Å². The van der Waals surface area contributed by atoms with E-state index in [2.05, 4.69) is 34.6 Å². The molecule has 1 saturated heterocycles. The first kappa shape index (κ1) is 29.8. The third-order valence-corrected chi connectivity index (χ3v) is 12.8. The Hall–Kier alpha value is -0.690. The normalized spacial score (nSPS) is 45.0. The molecule has 6 heteroatoms. The van der Waals surface area contributed by atoms with Gasteiger partial charge in [-0.2, -0.15) is 0 Å².